The van der Waals surface area contributed by atoms with E-state index < -0.39 is 18.2 Å². The summed E-state index contributed by atoms with van der Waals surface area (Å²) >= 11 is 0. The van der Waals surface area contributed by atoms with Crippen LogP contribution < -0.4 is 0 Å². The largest absolute Gasteiger partial charge is 0.414 e. The maximum absolute atomic E-state index is 11.8. The van der Waals surface area contributed by atoms with Crippen LogP contribution in [0, 0.1) is 11.8 Å². The first-order valence-electron chi connectivity index (χ1n) is 3.51. The van der Waals surface area contributed by atoms with Gasteiger partial charge in [-0.3, -0.25) is 0 Å². The minimum absolute atomic E-state index is 0.161. The van der Waals surface area contributed by atoms with E-state index in [0.29, 0.717) is 0 Å². The van der Waals surface area contributed by atoms with E-state index in [1.165, 1.54) is 6.92 Å². The van der Waals surface area contributed by atoms with Crippen molar-refractivity contribution in [3.8, 4) is 0 Å². The third kappa shape index (κ3) is 3.10. The number of alkyl halides is 3. The zero-order valence-corrected chi connectivity index (χ0v) is 6.81. The van der Waals surface area contributed by atoms with E-state index in [1.54, 1.807) is 13.8 Å². The van der Waals surface area contributed by atoms with Crippen LogP contribution in [-0.4, -0.2) is 17.4 Å². The van der Waals surface area contributed by atoms with Gasteiger partial charge in [-0.15, -0.1) is 0 Å². The van der Waals surface area contributed by atoms with Crippen LogP contribution >= 0.6 is 0 Å². The second-order valence-corrected chi connectivity index (χ2v) is 3.09. The molecular weight excluding hydrogens is 157 g/mol. The van der Waals surface area contributed by atoms with Crippen molar-refractivity contribution in [2.45, 2.75) is 33.1 Å². The molecule has 1 N–H and O–H groups in total. The Bertz CT molecular complexity index is 119. The molecule has 0 heterocycles. The Morgan fingerprint density at radius 3 is 1.55 bits per heavy atom. The van der Waals surface area contributed by atoms with Crippen molar-refractivity contribution in [2.24, 2.45) is 11.8 Å². The number of rotatable bonds is 2. The van der Waals surface area contributed by atoms with E-state index in [0.717, 1.165) is 0 Å². The molecule has 0 rings (SSSR count). The van der Waals surface area contributed by atoms with Gasteiger partial charge in [-0.1, -0.05) is 20.8 Å². The Hall–Kier alpha value is -0.250. The molecular formula is C7H13F3O. The molecule has 0 spiro atoms. The summed E-state index contributed by atoms with van der Waals surface area (Å²) in [6, 6.07) is 0. The van der Waals surface area contributed by atoms with Crippen LogP contribution in [0.4, 0.5) is 13.2 Å². The number of halogens is 3. The van der Waals surface area contributed by atoms with Crippen LogP contribution in [0.2, 0.25) is 0 Å². The van der Waals surface area contributed by atoms with Crippen molar-refractivity contribution in [3.63, 3.8) is 0 Å². The summed E-state index contributed by atoms with van der Waals surface area (Å²) in [5.41, 5.74) is 0. The molecule has 11 heavy (non-hydrogen) atoms. The molecule has 0 aromatic carbocycles. The minimum atomic E-state index is -4.48. The van der Waals surface area contributed by atoms with E-state index in [1.807, 2.05) is 0 Å². The first kappa shape index (κ1) is 10.8. The molecule has 0 aromatic heterocycles. The predicted molar refractivity (Wildman–Crippen MR) is 36.1 cm³/mol. The van der Waals surface area contributed by atoms with Crippen molar-refractivity contribution >= 4 is 0 Å². The Labute approximate surface area is 64.2 Å². The van der Waals surface area contributed by atoms with E-state index in [9.17, 15) is 13.2 Å². The summed E-state index contributed by atoms with van der Waals surface area (Å²) in [7, 11) is 0. The highest BCUT2D eigenvalue weighted by Gasteiger charge is 2.42. The smallest absolute Gasteiger partial charge is 0.383 e. The molecule has 2 unspecified atom stereocenters. The van der Waals surface area contributed by atoms with Crippen LogP contribution in [0.25, 0.3) is 0 Å². The minimum Gasteiger partial charge on any atom is -0.383 e. The molecule has 1 nitrogen and oxygen atoms in total. The highest BCUT2D eigenvalue weighted by Crippen LogP contribution is 2.28. The Balaban J connectivity index is 4.13. The zero-order chi connectivity index (χ0) is 9.23. The summed E-state index contributed by atoms with van der Waals surface area (Å²) in [5, 5.41) is 8.70. The highest BCUT2D eigenvalue weighted by molar-refractivity contribution is 4.73. The molecule has 0 fully saturated rings. The van der Waals surface area contributed by atoms with Gasteiger partial charge in [-0.25, -0.2) is 0 Å². The Kier molecular flexibility index (Phi) is 3.35. The predicted octanol–water partition coefficient (Wildman–Crippen LogP) is 2.20. The van der Waals surface area contributed by atoms with Crippen LogP contribution in [0.5, 0.6) is 0 Å². The van der Waals surface area contributed by atoms with Gasteiger partial charge in [0.05, 0.1) is 0 Å². The van der Waals surface area contributed by atoms with Gasteiger partial charge < -0.3 is 5.11 Å². The van der Waals surface area contributed by atoms with E-state index in [2.05, 4.69) is 0 Å². The monoisotopic (exact) mass is 170 g/mol. The maximum Gasteiger partial charge on any atom is 0.414 e. The van der Waals surface area contributed by atoms with E-state index in [-0.39, 0.29) is 5.92 Å². The quantitative estimate of drug-likeness (QED) is 0.673. The molecule has 0 amide bonds. The van der Waals surface area contributed by atoms with Gasteiger partial charge in [0.2, 0.25) is 0 Å². The van der Waals surface area contributed by atoms with Crippen molar-refractivity contribution in [2.75, 3.05) is 0 Å². The SMILES string of the molecule is CC(C)C(C)C(O)C(F)(F)F. The van der Waals surface area contributed by atoms with E-state index in [4.69, 9.17) is 5.11 Å². The normalized spacial score (nSPS) is 18.5. The molecule has 0 aliphatic heterocycles. The maximum atomic E-state index is 11.8. The number of hydrogen-bond acceptors (Lipinski definition) is 1. The van der Waals surface area contributed by atoms with Crippen molar-refractivity contribution < 1.29 is 18.3 Å². The average molecular weight is 170 g/mol. The second kappa shape index (κ2) is 3.43. The number of hydrogen-bond donors (Lipinski definition) is 1. The van der Waals surface area contributed by atoms with Gasteiger partial charge in [-0.05, 0) is 11.8 Å². The summed E-state index contributed by atoms with van der Waals surface area (Å²) in [6.07, 6.45) is -6.67. The standard InChI is InChI=1S/C7H13F3O/c1-4(2)5(3)6(11)7(8,9)10/h4-6,11H,1-3H3. The molecule has 68 valence electrons. The van der Waals surface area contributed by atoms with Gasteiger partial charge in [0.15, 0.2) is 6.10 Å². The number of aliphatic hydroxyl groups excluding tert-OH is 1. The summed E-state index contributed by atoms with van der Waals surface area (Å²) in [4.78, 5) is 0. The van der Waals surface area contributed by atoms with Crippen LogP contribution in [0.3, 0.4) is 0 Å². The fraction of sp³-hybridized carbons (Fsp3) is 1.00. The lowest BCUT2D eigenvalue weighted by Crippen LogP contribution is -2.36. The van der Waals surface area contributed by atoms with Gasteiger partial charge in [0, 0.05) is 0 Å². The summed E-state index contributed by atoms with van der Waals surface area (Å²) in [6.45, 7) is 4.70. The lowest BCUT2D eigenvalue weighted by atomic mass is 9.92. The van der Waals surface area contributed by atoms with Crippen LogP contribution in [0.15, 0.2) is 0 Å². The first-order chi connectivity index (χ1) is 4.76. The van der Waals surface area contributed by atoms with Crippen molar-refractivity contribution in [1.82, 2.24) is 0 Å². The number of aliphatic hydroxyl groups is 1. The molecule has 0 aliphatic carbocycles. The van der Waals surface area contributed by atoms with Gasteiger partial charge in [-0.2, -0.15) is 13.2 Å². The zero-order valence-electron chi connectivity index (χ0n) is 6.81. The second-order valence-electron chi connectivity index (χ2n) is 3.09. The fourth-order valence-corrected chi connectivity index (χ4v) is 0.663. The van der Waals surface area contributed by atoms with Gasteiger partial charge in [0.25, 0.3) is 0 Å². The van der Waals surface area contributed by atoms with Crippen molar-refractivity contribution in [3.05, 3.63) is 0 Å². The van der Waals surface area contributed by atoms with Crippen LogP contribution in [0.1, 0.15) is 20.8 Å². The molecule has 0 saturated heterocycles. The van der Waals surface area contributed by atoms with Crippen molar-refractivity contribution in [1.29, 1.82) is 0 Å². The Morgan fingerprint density at radius 2 is 1.45 bits per heavy atom. The van der Waals surface area contributed by atoms with E-state index >= 15 is 0 Å². The molecule has 0 bridgehead atoms. The lowest BCUT2D eigenvalue weighted by molar-refractivity contribution is -0.221. The third-order valence-corrected chi connectivity index (χ3v) is 1.88. The van der Waals surface area contributed by atoms with Gasteiger partial charge >= 0.3 is 6.18 Å². The molecule has 2 atom stereocenters. The molecule has 0 aromatic rings. The summed E-state index contributed by atoms with van der Waals surface area (Å²) < 4.78 is 35.4. The third-order valence-electron chi connectivity index (χ3n) is 1.88. The molecule has 4 heteroatoms. The van der Waals surface area contributed by atoms with Crippen LogP contribution in [-0.2, 0) is 0 Å². The molecule has 0 aliphatic rings. The highest BCUT2D eigenvalue weighted by atomic mass is 19.4. The lowest BCUT2D eigenvalue weighted by Gasteiger charge is -2.23. The van der Waals surface area contributed by atoms with Gasteiger partial charge in [0.1, 0.15) is 0 Å². The summed E-state index contributed by atoms with van der Waals surface area (Å²) in [5.74, 6) is -0.901. The Morgan fingerprint density at radius 1 is 1.09 bits per heavy atom. The fourth-order valence-electron chi connectivity index (χ4n) is 0.663. The molecule has 0 radical (unpaired) electrons. The first-order valence-corrected chi connectivity index (χ1v) is 3.51. The molecule has 0 saturated carbocycles. The topological polar surface area (TPSA) is 20.2 Å². The average Bonchev–Trinajstić information content (AvgIpc) is 1.82.